The van der Waals surface area contributed by atoms with Crippen LogP contribution in [0.4, 0.5) is 24.5 Å². The van der Waals surface area contributed by atoms with Gasteiger partial charge in [0.25, 0.3) is 5.91 Å². The molecule has 3 N–H and O–H groups in total. The van der Waals surface area contributed by atoms with Gasteiger partial charge in [0.05, 0.1) is 11.1 Å². The van der Waals surface area contributed by atoms with Crippen molar-refractivity contribution in [2.24, 2.45) is 0 Å². The molecular weight excluding hydrogens is 627 g/mol. The second kappa shape index (κ2) is 13.4. The number of carbonyl (C=O) groups excluding carboxylic acids is 2. The zero-order valence-electron chi connectivity index (χ0n) is 24.3. The molecule has 6 rings (SSSR count). The molecule has 2 aliphatic heterocycles. The Bertz CT molecular complexity index is 1700. The highest BCUT2D eigenvalue weighted by Crippen LogP contribution is 2.39. The van der Waals surface area contributed by atoms with Crippen LogP contribution in [0.15, 0.2) is 66.7 Å². The Hall–Kier alpha value is -4.68. The molecule has 1 amide bonds. The van der Waals surface area contributed by atoms with Gasteiger partial charge in [-0.2, -0.15) is 13.2 Å². The Kier molecular flexibility index (Phi) is 9.50. The third kappa shape index (κ3) is 7.08. The normalized spacial score (nSPS) is 17.7. The first-order chi connectivity index (χ1) is 21.8. The van der Waals surface area contributed by atoms with E-state index >= 15 is 0 Å². The summed E-state index contributed by atoms with van der Waals surface area (Å²) in [6.07, 6.45) is 1.32. The van der Waals surface area contributed by atoms with E-state index in [1.165, 1.54) is 28.7 Å². The Labute approximate surface area is 266 Å². The number of aromatic carboxylic acids is 1. The number of rotatable bonds is 7. The predicted octanol–water partition coefficient (Wildman–Crippen LogP) is 6.03. The van der Waals surface area contributed by atoms with E-state index in [4.69, 9.17) is 21.5 Å². The average molecular weight is 656 g/mol. The summed E-state index contributed by atoms with van der Waals surface area (Å²) in [5.74, 6) is -4.44. The van der Waals surface area contributed by atoms with E-state index in [2.05, 4.69) is 34.5 Å². The summed E-state index contributed by atoms with van der Waals surface area (Å²) in [6.45, 7) is 2.92. The van der Waals surface area contributed by atoms with Gasteiger partial charge in [-0.1, -0.05) is 60.2 Å². The van der Waals surface area contributed by atoms with Crippen LogP contribution in [-0.2, 0) is 11.2 Å². The third-order valence-electron chi connectivity index (χ3n) is 8.08. The van der Waals surface area contributed by atoms with Crippen LogP contribution in [0.3, 0.4) is 0 Å². The molecule has 9 nitrogen and oxygen atoms in total. The SMILES string of the molecule is O=C(O)C(F)(F)F.O=C(O)c1cc(Cl)cc(N2C(=O)c3c(NC4CCN(CCc5ccccc5)CC4)ccc4c3C(=O)C2C=C4)c1. The van der Waals surface area contributed by atoms with Crippen molar-refractivity contribution in [2.45, 2.75) is 37.5 Å². The number of Topliss-reactive ketones (excluding diaryl/α,β-unsaturated/α-hetero) is 1. The van der Waals surface area contributed by atoms with Crippen LogP contribution in [-0.4, -0.2) is 76.6 Å². The first-order valence-corrected chi connectivity index (χ1v) is 14.8. The van der Waals surface area contributed by atoms with E-state index in [0.29, 0.717) is 16.8 Å². The number of nitrogens with zero attached hydrogens (tertiary/aromatic N) is 2. The Morgan fingerprint density at radius 1 is 0.957 bits per heavy atom. The monoisotopic (exact) mass is 655 g/mol. The zero-order valence-corrected chi connectivity index (χ0v) is 25.0. The number of piperidine rings is 1. The molecule has 1 saturated heterocycles. The number of amides is 1. The molecule has 0 saturated carbocycles. The van der Waals surface area contributed by atoms with Crippen LogP contribution in [0.1, 0.15) is 55.0 Å². The number of carbonyl (C=O) groups is 4. The van der Waals surface area contributed by atoms with Gasteiger partial charge in [0.1, 0.15) is 6.04 Å². The van der Waals surface area contributed by atoms with Crippen molar-refractivity contribution in [2.75, 3.05) is 29.9 Å². The maximum Gasteiger partial charge on any atom is 0.490 e. The van der Waals surface area contributed by atoms with Gasteiger partial charge in [0, 0.05) is 47.6 Å². The molecule has 2 bridgehead atoms. The number of hydrogen-bond acceptors (Lipinski definition) is 6. The molecular formula is C33H29ClF3N3O6. The van der Waals surface area contributed by atoms with Gasteiger partial charge in [-0.3, -0.25) is 14.5 Å². The fourth-order valence-corrected chi connectivity index (χ4v) is 6.04. The van der Waals surface area contributed by atoms with E-state index in [1.54, 1.807) is 6.08 Å². The number of aliphatic carboxylic acids is 1. The maximum absolute atomic E-state index is 14.0. The molecule has 1 atom stereocenters. The van der Waals surface area contributed by atoms with Crippen molar-refractivity contribution >= 4 is 52.7 Å². The first-order valence-electron chi connectivity index (χ1n) is 14.4. The molecule has 1 fully saturated rings. The van der Waals surface area contributed by atoms with Crippen LogP contribution >= 0.6 is 11.6 Å². The minimum atomic E-state index is -5.08. The quantitative estimate of drug-likeness (QED) is 0.282. The standard InChI is InChI=1S/C31H28ClN3O4.C2HF3O2/c32-22-16-21(31(38)39)17-24(18-22)35-26-9-7-20-6-8-25(28(30(35)37)27(20)29(26)36)33-23-11-14-34(15-12-23)13-10-19-4-2-1-3-5-19;3-2(4,5)1(6)7/h1-9,16-18,23,26,33H,10-15H2,(H,38,39);(H,6,7). The lowest BCUT2D eigenvalue weighted by Crippen LogP contribution is -2.51. The Morgan fingerprint density at radius 3 is 2.26 bits per heavy atom. The lowest BCUT2D eigenvalue weighted by atomic mass is 9.82. The van der Waals surface area contributed by atoms with E-state index in [1.807, 2.05) is 24.3 Å². The average Bonchev–Trinajstić information content (AvgIpc) is 3.01. The molecule has 2 heterocycles. The summed E-state index contributed by atoms with van der Waals surface area (Å²) in [7, 11) is 0. The molecule has 3 aliphatic rings. The second-order valence-corrected chi connectivity index (χ2v) is 11.5. The minimum Gasteiger partial charge on any atom is -0.478 e. The van der Waals surface area contributed by atoms with Gasteiger partial charge in [0.2, 0.25) is 0 Å². The lowest BCUT2D eigenvalue weighted by molar-refractivity contribution is -0.192. The fraction of sp³-hybridized carbons (Fsp3) is 0.273. The summed E-state index contributed by atoms with van der Waals surface area (Å²) in [6, 6.07) is 17.8. The van der Waals surface area contributed by atoms with Crippen molar-refractivity contribution in [3.63, 3.8) is 0 Å². The number of nitrogens with one attached hydrogen (secondary N) is 1. The number of benzene rings is 3. The minimum absolute atomic E-state index is 0.0468. The highest BCUT2D eigenvalue weighted by Gasteiger charge is 2.43. The van der Waals surface area contributed by atoms with Crippen LogP contribution < -0.4 is 10.2 Å². The summed E-state index contributed by atoms with van der Waals surface area (Å²) in [5, 5.41) is 20.4. The first kappa shape index (κ1) is 32.7. The zero-order chi connectivity index (χ0) is 33.2. The van der Waals surface area contributed by atoms with Crippen LogP contribution in [0.5, 0.6) is 0 Å². The molecule has 0 radical (unpaired) electrons. The summed E-state index contributed by atoms with van der Waals surface area (Å²) < 4.78 is 31.7. The summed E-state index contributed by atoms with van der Waals surface area (Å²) >= 11 is 6.21. The molecule has 1 aliphatic carbocycles. The van der Waals surface area contributed by atoms with Gasteiger partial charge >= 0.3 is 18.1 Å². The van der Waals surface area contributed by atoms with Crippen molar-refractivity contribution < 1.29 is 42.6 Å². The van der Waals surface area contributed by atoms with Gasteiger partial charge in [-0.25, -0.2) is 9.59 Å². The molecule has 46 heavy (non-hydrogen) atoms. The number of halogens is 4. The Balaban J connectivity index is 0.000000537. The molecule has 0 aromatic heterocycles. The number of likely N-dealkylation sites (tertiary alicyclic amines) is 1. The molecule has 3 aromatic rings. The van der Waals surface area contributed by atoms with Crippen molar-refractivity contribution in [3.8, 4) is 0 Å². The molecule has 240 valence electrons. The number of carboxylic acid groups (broad SMARTS) is 2. The van der Waals surface area contributed by atoms with Crippen molar-refractivity contribution in [3.05, 3.63) is 99.6 Å². The third-order valence-corrected chi connectivity index (χ3v) is 8.30. The number of alkyl halides is 3. The molecule has 0 spiro atoms. The van der Waals surface area contributed by atoms with E-state index < -0.39 is 24.2 Å². The largest absolute Gasteiger partial charge is 0.490 e. The smallest absolute Gasteiger partial charge is 0.478 e. The Morgan fingerprint density at radius 2 is 1.63 bits per heavy atom. The fourth-order valence-electron chi connectivity index (χ4n) is 5.81. The predicted molar refractivity (Wildman–Crippen MR) is 166 cm³/mol. The summed E-state index contributed by atoms with van der Waals surface area (Å²) in [4.78, 5) is 51.9. The van der Waals surface area contributed by atoms with Gasteiger partial charge in [-0.15, -0.1) is 0 Å². The van der Waals surface area contributed by atoms with Crippen LogP contribution in [0.2, 0.25) is 5.02 Å². The molecule has 3 aromatic carbocycles. The van der Waals surface area contributed by atoms with E-state index in [9.17, 15) is 32.7 Å². The van der Waals surface area contributed by atoms with Gasteiger partial charge < -0.3 is 20.4 Å². The maximum atomic E-state index is 14.0. The van der Waals surface area contributed by atoms with Gasteiger partial charge in [-0.05, 0) is 54.7 Å². The van der Waals surface area contributed by atoms with E-state index in [0.717, 1.165) is 44.5 Å². The lowest BCUT2D eigenvalue weighted by Gasteiger charge is -2.38. The number of hydrogen-bond donors (Lipinski definition) is 3. The highest BCUT2D eigenvalue weighted by atomic mass is 35.5. The van der Waals surface area contributed by atoms with Crippen LogP contribution in [0.25, 0.3) is 6.08 Å². The van der Waals surface area contributed by atoms with Crippen molar-refractivity contribution in [1.82, 2.24) is 4.90 Å². The number of anilines is 2. The number of carboxylic acids is 2. The van der Waals surface area contributed by atoms with Crippen molar-refractivity contribution in [1.29, 1.82) is 0 Å². The summed E-state index contributed by atoms with van der Waals surface area (Å²) in [5.41, 5.74) is 3.68. The topological polar surface area (TPSA) is 127 Å². The second-order valence-electron chi connectivity index (χ2n) is 11.1. The molecule has 1 unspecified atom stereocenters. The number of fused-ring (bicyclic) bond motifs is 1. The van der Waals surface area contributed by atoms with Crippen LogP contribution in [0, 0.1) is 0 Å². The van der Waals surface area contributed by atoms with E-state index in [-0.39, 0.29) is 34.0 Å². The highest BCUT2D eigenvalue weighted by molar-refractivity contribution is 6.32. The molecule has 13 heteroatoms. The van der Waals surface area contributed by atoms with Gasteiger partial charge in [0.15, 0.2) is 5.78 Å². The number of ketones is 1.